The van der Waals surface area contributed by atoms with Crippen LogP contribution in [0.3, 0.4) is 0 Å². The summed E-state index contributed by atoms with van der Waals surface area (Å²) in [6.45, 7) is 4.98. The SMILES string of the molecule is CC(N)C(C)NCc1cccc2c1CN(C1CCC(=O)NC1=O)C2=O. The Morgan fingerprint density at radius 2 is 2.08 bits per heavy atom. The van der Waals surface area contributed by atoms with Crippen LogP contribution in [0, 0.1) is 0 Å². The minimum atomic E-state index is -0.582. The number of hydrogen-bond donors (Lipinski definition) is 3. The van der Waals surface area contributed by atoms with Crippen LogP contribution >= 0.6 is 0 Å². The molecule has 1 fully saturated rings. The van der Waals surface area contributed by atoms with Crippen LogP contribution in [0.1, 0.15) is 48.2 Å². The van der Waals surface area contributed by atoms with Crippen molar-refractivity contribution in [3.63, 3.8) is 0 Å². The van der Waals surface area contributed by atoms with Crippen LogP contribution in [0.5, 0.6) is 0 Å². The highest BCUT2D eigenvalue weighted by atomic mass is 16.2. The summed E-state index contributed by atoms with van der Waals surface area (Å²) in [4.78, 5) is 37.8. The maximum Gasteiger partial charge on any atom is 0.255 e. The molecule has 3 amide bonds. The Morgan fingerprint density at radius 1 is 1.32 bits per heavy atom. The fourth-order valence-corrected chi connectivity index (χ4v) is 3.27. The summed E-state index contributed by atoms with van der Waals surface area (Å²) in [5.74, 6) is -0.811. The fourth-order valence-electron chi connectivity index (χ4n) is 3.27. The summed E-state index contributed by atoms with van der Waals surface area (Å²) in [5, 5.41) is 5.70. The lowest BCUT2D eigenvalue weighted by atomic mass is 10.0. The molecule has 0 aliphatic carbocycles. The number of carbonyl (C=O) groups is 3. The van der Waals surface area contributed by atoms with Crippen LogP contribution in [0.4, 0.5) is 0 Å². The largest absolute Gasteiger partial charge is 0.327 e. The van der Waals surface area contributed by atoms with Crippen molar-refractivity contribution in [1.29, 1.82) is 0 Å². The van der Waals surface area contributed by atoms with Gasteiger partial charge in [-0.1, -0.05) is 12.1 Å². The van der Waals surface area contributed by atoms with Gasteiger partial charge in [0.25, 0.3) is 5.91 Å². The topological polar surface area (TPSA) is 105 Å². The van der Waals surface area contributed by atoms with E-state index in [0.717, 1.165) is 11.1 Å². The number of carbonyl (C=O) groups excluding carboxylic acids is 3. The third-order valence-corrected chi connectivity index (χ3v) is 5.08. The first-order chi connectivity index (χ1) is 11.9. The fraction of sp³-hybridized carbons (Fsp3) is 0.500. The van der Waals surface area contributed by atoms with Gasteiger partial charge in [0.1, 0.15) is 6.04 Å². The van der Waals surface area contributed by atoms with Gasteiger partial charge in [0.2, 0.25) is 11.8 Å². The maximum atomic E-state index is 12.7. The van der Waals surface area contributed by atoms with Crippen molar-refractivity contribution in [2.45, 2.75) is 57.9 Å². The molecule has 0 saturated carbocycles. The predicted molar refractivity (Wildman–Crippen MR) is 92.4 cm³/mol. The number of hydrogen-bond acceptors (Lipinski definition) is 5. The van der Waals surface area contributed by atoms with E-state index in [1.807, 2.05) is 26.0 Å². The number of imide groups is 1. The summed E-state index contributed by atoms with van der Waals surface area (Å²) in [5.41, 5.74) is 8.50. The van der Waals surface area contributed by atoms with Gasteiger partial charge in [-0.05, 0) is 37.5 Å². The first kappa shape index (κ1) is 17.6. The second-order valence-electron chi connectivity index (χ2n) is 6.87. The molecule has 3 rings (SSSR count). The van der Waals surface area contributed by atoms with Crippen LogP contribution in [-0.4, -0.2) is 40.7 Å². The molecule has 25 heavy (non-hydrogen) atoms. The number of amides is 3. The molecule has 2 heterocycles. The van der Waals surface area contributed by atoms with Crippen molar-refractivity contribution < 1.29 is 14.4 Å². The molecule has 2 aliphatic heterocycles. The van der Waals surface area contributed by atoms with Gasteiger partial charge in [-0.2, -0.15) is 0 Å². The average molecular weight is 344 g/mol. The highest BCUT2D eigenvalue weighted by Gasteiger charge is 2.39. The minimum Gasteiger partial charge on any atom is -0.327 e. The van der Waals surface area contributed by atoms with E-state index < -0.39 is 6.04 Å². The number of piperidine rings is 1. The van der Waals surface area contributed by atoms with Gasteiger partial charge < -0.3 is 16.0 Å². The molecule has 7 nitrogen and oxygen atoms in total. The van der Waals surface area contributed by atoms with Crippen molar-refractivity contribution in [2.75, 3.05) is 0 Å². The van der Waals surface area contributed by atoms with Gasteiger partial charge >= 0.3 is 0 Å². The number of benzene rings is 1. The number of fused-ring (bicyclic) bond motifs is 1. The minimum absolute atomic E-state index is 0.0263. The third-order valence-electron chi connectivity index (χ3n) is 5.08. The van der Waals surface area contributed by atoms with E-state index in [1.165, 1.54) is 0 Å². The second-order valence-corrected chi connectivity index (χ2v) is 6.87. The molecule has 3 unspecified atom stereocenters. The zero-order valence-electron chi connectivity index (χ0n) is 14.5. The van der Waals surface area contributed by atoms with Gasteiger partial charge in [-0.25, -0.2) is 0 Å². The van der Waals surface area contributed by atoms with E-state index in [0.29, 0.717) is 25.1 Å². The van der Waals surface area contributed by atoms with Gasteiger partial charge in [-0.3, -0.25) is 19.7 Å². The van der Waals surface area contributed by atoms with Crippen LogP contribution < -0.4 is 16.4 Å². The molecule has 1 saturated heterocycles. The summed E-state index contributed by atoms with van der Waals surface area (Å²) in [6.07, 6.45) is 0.635. The molecule has 0 bridgehead atoms. The molecule has 1 aromatic carbocycles. The molecule has 3 atom stereocenters. The van der Waals surface area contributed by atoms with Crippen LogP contribution in [0.2, 0.25) is 0 Å². The first-order valence-corrected chi connectivity index (χ1v) is 8.63. The van der Waals surface area contributed by atoms with Crippen molar-refractivity contribution in [2.24, 2.45) is 5.73 Å². The molecule has 134 valence electrons. The molecule has 0 aromatic heterocycles. The van der Waals surface area contributed by atoms with Crippen LogP contribution in [0.25, 0.3) is 0 Å². The Balaban J connectivity index is 1.78. The molecule has 0 radical (unpaired) electrons. The Hall–Kier alpha value is -2.25. The number of rotatable bonds is 5. The Bertz CT molecular complexity index is 716. The lowest BCUT2D eigenvalue weighted by Crippen LogP contribution is -2.52. The van der Waals surface area contributed by atoms with Crippen molar-refractivity contribution >= 4 is 17.7 Å². The first-order valence-electron chi connectivity index (χ1n) is 8.63. The maximum absolute atomic E-state index is 12.7. The van der Waals surface area contributed by atoms with Crippen molar-refractivity contribution in [1.82, 2.24) is 15.5 Å². The number of nitrogens with two attached hydrogens (primary N) is 1. The van der Waals surface area contributed by atoms with Crippen molar-refractivity contribution in [3.05, 3.63) is 34.9 Å². The Kier molecular flexibility index (Phi) is 4.87. The average Bonchev–Trinajstić information content (AvgIpc) is 2.90. The predicted octanol–water partition coefficient (Wildman–Crippen LogP) is 0.273. The standard InChI is InChI=1S/C18H24N4O3/c1-10(19)11(2)20-8-12-4-3-5-13-14(12)9-22(18(13)25)15-6-7-16(23)21-17(15)24/h3-5,10-11,15,20H,6-9,19H2,1-2H3,(H,21,23,24). The highest BCUT2D eigenvalue weighted by molar-refractivity contribution is 6.05. The van der Waals surface area contributed by atoms with E-state index >= 15 is 0 Å². The Labute approximate surface area is 146 Å². The second kappa shape index (κ2) is 6.93. The summed E-state index contributed by atoms with van der Waals surface area (Å²) in [7, 11) is 0. The summed E-state index contributed by atoms with van der Waals surface area (Å²) in [6, 6.07) is 5.24. The lowest BCUT2D eigenvalue weighted by molar-refractivity contribution is -0.136. The van der Waals surface area contributed by atoms with Gasteiger partial charge in [0.15, 0.2) is 0 Å². The van der Waals surface area contributed by atoms with E-state index in [9.17, 15) is 14.4 Å². The van der Waals surface area contributed by atoms with E-state index in [2.05, 4.69) is 10.6 Å². The van der Waals surface area contributed by atoms with E-state index in [1.54, 1.807) is 11.0 Å². The number of nitrogens with zero attached hydrogens (tertiary/aromatic N) is 1. The summed E-state index contributed by atoms with van der Waals surface area (Å²) < 4.78 is 0. The van der Waals surface area contributed by atoms with E-state index in [4.69, 9.17) is 5.73 Å². The molecular weight excluding hydrogens is 320 g/mol. The lowest BCUT2D eigenvalue weighted by Gasteiger charge is -2.29. The molecule has 4 N–H and O–H groups in total. The molecule has 1 aromatic rings. The Morgan fingerprint density at radius 3 is 2.76 bits per heavy atom. The quantitative estimate of drug-likeness (QED) is 0.665. The molecule has 7 heteroatoms. The van der Waals surface area contributed by atoms with Gasteiger partial charge in [0.05, 0.1) is 0 Å². The smallest absolute Gasteiger partial charge is 0.255 e. The van der Waals surface area contributed by atoms with Gasteiger partial charge in [-0.15, -0.1) is 0 Å². The van der Waals surface area contributed by atoms with Crippen LogP contribution in [0.15, 0.2) is 18.2 Å². The van der Waals surface area contributed by atoms with E-state index in [-0.39, 0.29) is 36.2 Å². The monoisotopic (exact) mass is 344 g/mol. The molecule has 2 aliphatic rings. The molecule has 0 spiro atoms. The zero-order valence-corrected chi connectivity index (χ0v) is 14.5. The molecular formula is C18H24N4O3. The van der Waals surface area contributed by atoms with Gasteiger partial charge in [0, 0.05) is 37.2 Å². The van der Waals surface area contributed by atoms with Crippen LogP contribution in [-0.2, 0) is 22.7 Å². The normalized spacial score (nSPS) is 22.6. The third kappa shape index (κ3) is 3.43. The number of nitrogens with one attached hydrogen (secondary N) is 2. The summed E-state index contributed by atoms with van der Waals surface area (Å²) >= 11 is 0. The highest BCUT2D eigenvalue weighted by Crippen LogP contribution is 2.29. The zero-order chi connectivity index (χ0) is 18.1. The van der Waals surface area contributed by atoms with Crippen molar-refractivity contribution in [3.8, 4) is 0 Å².